The van der Waals surface area contributed by atoms with Gasteiger partial charge < -0.3 is 37.5 Å². The lowest BCUT2D eigenvalue weighted by molar-refractivity contribution is -0.141. The number of carbonyl (C=O) groups excluding carboxylic acids is 4. The van der Waals surface area contributed by atoms with Gasteiger partial charge in [0.05, 0.1) is 19.0 Å². The van der Waals surface area contributed by atoms with Gasteiger partial charge in [-0.2, -0.15) is 0 Å². The Morgan fingerprint density at radius 3 is 2.37 bits per heavy atom. The predicted molar refractivity (Wildman–Crippen MR) is 128 cm³/mol. The maximum atomic E-state index is 12.5. The Balaban J connectivity index is 1.97. The number of hydrogen-bond acceptors (Lipinski definition) is 6. The third-order valence-corrected chi connectivity index (χ3v) is 5.75. The Morgan fingerprint density at radius 2 is 1.74 bits per heavy atom. The number of hydrogen-bond donors (Lipinski definition) is 7. The topological polar surface area (TPSA) is 209 Å². The Kier molecular flexibility index (Phi) is 9.76. The molecule has 4 amide bonds. The average Bonchev–Trinajstić information content (AvgIpc) is 3.23. The predicted octanol–water partition coefficient (Wildman–Crippen LogP) is -0.870. The molecule has 0 bridgehead atoms. The van der Waals surface area contributed by atoms with Crippen molar-refractivity contribution >= 4 is 40.5 Å². The third-order valence-electron chi connectivity index (χ3n) is 5.75. The van der Waals surface area contributed by atoms with Crippen LogP contribution >= 0.6 is 0 Å². The molecule has 4 atom stereocenters. The van der Waals surface area contributed by atoms with Crippen LogP contribution in [0.3, 0.4) is 0 Å². The number of para-hydroxylation sites is 1. The van der Waals surface area contributed by atoms with E-state index in [0.717, 1.165) is 10.9 Å². The molecule has 0 fully saturated rings. The molecule has 2 aromatic rings. The number of nitrogens with two attached hydrogens (primary N) is 2. The second-order valence-corrected chi connectivity index (χ2v) is 8.38. The van der Waals surface area contributed by atoms with Gasteiger partial charge in [0.1, 0.15) is 12.1 Å². The van der Waals surface area contributed by atoms with Crippen LogP contribution in [0.5, 0.6) is 0 Å². The molecule has 1 aromatic carbocycles. The third kappa shape index (κ3) is 7.81. The van der Waals surface area contributed by atoms with E-state index in [1.54, 1.807) is 13.1 Å². The largest absolute Gasteiger partial charge is 0.480 e. The van der Waals surface area contributed by atoms with Crippen molar-refractivity contribution in [1.82, 2.24) is 20.9 Å². The lowest BCUT2D eigenvalue weighted by atomic mass is 9.99. The molecule has 190 valence electrons. The number of fused-ring (bicyclic) bond motifs is 1. The summed E-state index contributed by atoms with van der Waals surface area (Å²) in [5.41, 5.74) is 12.6. The average molecular weight is 489 g/mol. The normalized spacial score (nSPS) is 14.4. The number of benzene rings is 1. The fourth-order valence-corrected chi connectivity index (χ4v) is 3.45. The van der Waals surface area contributed by atoms with Gasteiger partial charge in [0.2, 0.25) is 23.6 Å². The zero-order valence-electron chi connectivity index (χ0n) is 19.7. The molecule has 1 aromatic heterocycles. The van der Waals surface area contributed by atoms with Gasteiger partial charge in [-0.05, 0) is 17.5 Å². The zero-order chi connectivity index (χ0) is 26.1. The van der Waals surface area contributed by atoms with Crippen LogP contribution in [0.15, 0.2) is 30.5 Å². The van der Waals surface area contributed by atoms with Crippen molar-refractivity contribution in [1.29, 1.82) is 0 Å². The number of primary amides is 1. The van der Waals surface area contributed by atoms with Gasteiger partial charge in [-0.25, -0.2) is 4.79 Å². The minimum absolute atomic E-state index is 0.0207. The van der Waals surface area contributed by atoms with Crippen molar-refractivity contribution < 1.29 is 29.1 Å². The fraction of sp³-hybridized carbons (Fsp3) is 0.435. The number of aromatic nitrogens is 1. The highest BCUT2D eigenvalue weighted by Crippen LogP contribution is 2.19. The summed E-state index contributed by atoms with van der Waals surface area (Å²) in [7, 11) is 0. The first kappa shape index (κ1) is 27.3. The van der Waals surface area contributed by atoms with E-state index in [1.807, 2.05) is 31.2 Å². The lowest BCUT2D eigenvalue weighted by Crippen LogP contribution is -2.55. The van der Waals surface area contributed by atoms with Crippen molar-refractivity contribution in [3.63, 3.8) is 0 Å². The summed E-state index contributed by atoms with van der Waals surface area (Å²) in [5.74, 6) is -4.46. The van der Waals surface area contributed by atoms with E-state index in [4.69, 9.17) is 11.5 Å². The number of aliphatic carboxylic acids is 1. The smallest absolute Gasteiger partial charge is 0.326 e. The van der Waals surface area contributed by atoms with Gasteiger partial charge in [0.15, 0.2) is 0 Å². The number of aromatic amines is 1. The molecule has 0 saturated heterocycles. The van der Waals surface area contributed by atoms with Crippen LogP contribution in [0, 0.1) is 5.92 Å². The summed E-state index contributed by atoms with van der Waals surface area (Å²) in [6.45, 7) is 3.05. The van der Waals surface area contributed by atoms with Crippen molar-refractivity contribution in [3.05, 3.63) is 36.0 Å². The van der Waals surface area contributed by atoms with Crippen LogP contribution in [-0.4, -0.2) is 64.4 Å². The second-order valence-electron chi connectivity index (χ2n) is 8.38. The van der Waals surface area contributed by atoms with Gasteiger partial charge in [0.25, 0.3) is 0 Å². The van der Waals surface area contributed by atoms with E-state index in [2.05, 4.69) is 20.9 Å². The van der Waals surface area contributed by atoms with Gasteiger partial charge >= 0.3 is 5.97 Å². The van der Waals surface area contributed by atoms with Crippen LogP contribution in [0.4, 0.5) is 0 Å². The monoisotopic (exact) mass is 488 g/mol. The minimum Gasteiger partial charge on any atom is -0.480 e. The SMILES string of the molecule is CCC(C)C(N)C(=O)NC(CC(N)=O)C(=O)NCC(=O)NC(Cc1c[nH]c2ccccc12)C(=O)O. The molecule has 4 unspecified atom stereocenters. The molecule has 2 rings (SSSR count). The summed E-state index contributed by atoms with van der Waals surface area (Å²) >= 11 is 0. The second kappa shape index (κ2) is 12.5. The highest BCUT2D eigenvalue weighted by molar-refractivity contribution is 5.95. The summed E-state index contributed by atoms with van der Waals surface area (Å²) in [4.78, 5) is 63.3. The van der Waals surface area contributed by atoms with Crippen molar-refractivity contribution in [3.8, 4) is 0 Å². The summed E-state index contributed by atoms with van der Waals surface area (Å²) < 4.78 is 0. The Labute approximate surface area is 202 Å². The number of rotatable bonds is 13. The number of nitrogens with one attached hydrogen (secondary N) is 4. The molecular formula is C23H32N6O6. The molecule has 0 spiro atoms. The van der Waals surface area contributed by atoms with E-state index in [1.165, 1.54) is 0 Å². The van der Waals surface area contributed by atoms with E-state index in [0.29, 0.717) is 12.0 Å². The van der Waals surface area contributed by atoms with Gasteiger partial charge in [-0.3, -0.25) is 19.2 Å². The number of carbonyl (C=O) groups is 5. The summed E-state index contributed by atoms with van der Waals surface area (Å²) in [6.07, 6.45) is 1.83. The molecule has 12 heteroatoms. The van der Waals surface area contributed by atoms with E-state index in [9.17, 15) is 29.1 Å². The van der Waals surface area contributed by atoms with Gasteiger partial charge in [-0.15, -0.1) is 0 Å². The van der Waals surface area contributed by atoms with E-state index < -0.39 is 60.7 Å². The molecule has 1 heterocycles. The molecule has 0 aliphatic heterocycles. The first-order valence-corrected chi connectivity index (χ1v) is 11.2. The van der Waals surface area contributed by atoms with Crippen LogP contribution in [0.2, 0.25) is 0 Å². The van der Waals surface area contributed by atoms with Crippen LogP contribution in [-0.2, 0) is 30.4 Å². The van der Waals surface area contributed by atoms with Crippen molar-refractivity contribution in [2.24, 2.45) is 17.4 Å². The Morgan fingerprint density at radius 1 is 1.06 bits per heavy atom. The highest BCUT2D eigenvalue weighted by atomic mass is 16.4. The van der Waals surface area contributed by atoms with Gasteiger partial charge in [0, 0.05) is 23.5 Å². The molecule has 35 heavy (non-hydrogen) atoms. The molecule has 0 saturated carbocycles. The molecule has 12 nitrogen and oxygen atoms in total. The van der Waals surface area contributed by atoms with E-state index >= 15 is 0 Å². The first-order chi connectivity index (χ1) is 16.5. The molecular weight excluding hydrogens is 456 g/mol. The van der Waals surface area contributed by atoms with Crippen LogP contribution in [0.25, 0.3) is 10.9 Å². The quantitative estimate of drug-likeness (QED) is 0.189. The fourth-order valence-electron chi connectivity index (χ4n) is 3.45. The Bertz CT molecular complexity index is 1080. The summed E-state index contributed by atoms with van der Waals surface area (Å²) in [5, 5.41) is 17.4. The van der Waals surface area contributed by atoms with Gasteiger partial charge in [-0.1, -0.05) is 38.5 Å². The molecule has 0 radical (unpaired) electrons. The minimum atomic E-state index is -1.33. The number of amides is 4. The molecule has 0 aliphatic carbocycles. The molecule has 0 aliphatic rings. The van der Waals surface area contributed by atoms with E-state index in [-0.39, 0.29) is 12.3 Å². The van der Waals surface area contributed by atoms with Crippen LogP contribution < -0.4 is 27.4 Å². The summed E-state index contributed by atoms with van der Waals surface area (Å²) in [6, 6.07) is 3.88. The molecule has 9 N–H and O–H groups in total. The number of carboxylic acid groups (broad SMARTS) is 1. The Hall–Kier alpha value is -3.93. The van der Waals surface area contributed by atoms with Crippen LogP contribution in [0.1, 0.15) is 32.3 Å². The zero-order valence-corrected chi connectivity index (χ0v) is 19.7. The van der Waals surface area contributed by atoms with Crippen molar-refractivity contribution in [2.75, 3.05) is 6.54 Å². The highest BCUT2D eigenvalue weighted by Gasteiger charge is 2.28. The maximum Gasteiger partial charge on any atom is 0.326 e. The maximum absolute atomic E-state index is 12.5. The first-order valence-electron chi connectivity index (χ1n) is 11.2. The van der Waals surface area contributed by atoms with Crippen molar-refractivity contribution in [2.45, 2.75) is 51.2 Å². The number of carboxylic acids is 1. The number of H-pyrrole nitrogens is 1. The standard InChI is InChI=1S/C23H32N6O6/c1-3-12(2)20(25)22(33)29-16(9-18(24)30)21(32)27-11-19(31)28-17(23(34)35)8-13-10-26-15-7-5-4-6-14(13)15/h4-7,10,12,16-17,20,26H,3,8-9,11,25H2,1-2H3,(H2,24,30)(H,27,32)(H,28,31)(H,29,33)(H,34,35). The lowest BCUT2D eigenvalue weighted by Gasteiger charge is -2.22.